The number of ketones is 1. The molecule has 0 fully saturated rings. The lowest BCUT2D eigenvalue weighted by Gasteiger charge is -2.14. The van der Waals surface area contributed by atoms with Gasteiger partial charge in [-0.1, -0.05) is 64.2 Å². The van der Waals surface area contributed by atoms with Crippen molar-refractivity contribution in [3.63, 3.8) is 0 Å². The number of amidine groups is 1. The molecule has 0 radical (unpaired) electrons. The lowest BCUT2D eigenvalue weighted by atomic mass is 10.0. The molecule has 0 bridgehead atoms. The first kappa shape index (κ1) is 44.7. The number of ether oxygens (including phenoxy) is 4. The quantitative estimate of drug-likeness (QED) is 0.0694. The van der Waals surface area contributed by atoms with E-state index in [1.165, 1.54) is 51.9 Å². The Morgan fingerprint density at radius 1 is 0.620 bits per heavy atom. The summed E-state index contributed by atoms with van der Waals surface area (Å²) in [6, 6.07) is -1.12. The van der Waals surface area contributed by atoms with E-state index in [1.807, 2.05) is 0 Å². The van der Waals surface area contributed by atoms with E-state index in [1.54, 1.807) is 0 Å². The summed E-state index contributed by atoms with van der Waals surface area (Å²) in [5.74, 6) is -1.28. The number of carbonyl (C=O) groups is 5. The number of amides is 3. The molecule has 3 amide bonds. The van der Waals surface area contributed by atoms with Crippen LogP contribution in [0, 0.1) is 0 Å². The number of carboxylic acids is 1. The molecule has 1 aliphatic heterocycles. The predicted octanol–water partition coefficient (Wildman–Crippen LogP) is 3.46. The minimum Gasteiger partial charge on any atom is -0.480 e. The van der Waals surface area contributed by atoms with E-state index >= 15 is 0 Å². The highest BCUT2D eigenvalue weighted by molar-refractivity contribution is 5.85. The Balaban J connectivity index is 1.90. The van der Waals surface area contributed by atoms with Crippen molar-refractivity contribution in [1.82, 2.24) is 16.0 Å². The van der Waals surface area contributed by atoms with Crippen molar-refractivity contribution in [2.75, 3.05) is 65.9 Å². The van der Waals surface area contributed by atoms with Gasteiger partial charge in [-0.05, 0) is 31.4 Å². The third-order valence-electron chi connectivity index (χ3n) is 7.59. The van der Waals surface area contributed by atoms with Crippen LogP contribution in [0.15, 0.2) is 15.4 Å². The van der Waals surface area contributed by atoms with E-state index in [9.17, 15) is 29.1 Å². The van der Waals surface area contributed by atoms with Gasteiger partial charge in [-0.2, -0.15) is 0 Å². The highest BCUT2D eigenvalue weighted by atomic mass is 16.5. The van der Waals surface area contributed by atoms with Crippen molar-refractivity contribution in [2.24, 2.45) is 15.4 Å². The molecule has 0 saturated carbocycles. The summed E-state index contributed by atoms with van der Waals surface area (Å²) in [6.45, 7) is 3.52. The van der Waals surface area contributed by atoms with E-state index in [0.29, 0.717) is 32.8 Å². The molecule has 4 N–H and O–H groups in total. The van der Waals surface area contributed by atoms with E-state index < -0.39 is 12.0 Å². The fraction of sp³-hybridized carbons (Fsp3) is 0.824. The van der Waals surface area contributed by atoms with Gasteiger partial charge in [-0.15, -0.1) is 10.2 Å². The van der Waals surface area contributed by atoms with Crippen molar-refractivity contribution in [3.05, 3.63) is 0 Å². The Kier molecular flexibility index (Phi) is 28.3. The zero-order chi connectivity index (χ0) is 36.5. The molecular formula is C34H60N6O10. The molecule has 16 heteroatoms. The summed E-state index contributed by atoms with van der Waals surface area (Å²) >= 11 is 0. The molecule has 0 unspecified atom stereocenters. The van der Waals surface area contributed by atoms with Gasteiger partial charge in [0.2, 0.25) is 17.7 Å². The largest absolute Gasteiger partial charge is 0.480 e. The average molecular weight is 713 g/mol. The zero-order valence-corrected chi connectivity index (χ0v) is 29.9. The first-order chi connectivity index (χ1) is 24.3. The number of hydrogen-bond acceptors (Lipinski definition) is 12. The number of nitrogens with zero attached hydrogens (tertiary/aromatic N) is 3. The van der Waals surface area contributed by atoms with Crippen LogP contribution in [0.2, 0.25) is 0 Å². The smallest absolute Gasteiger partial charge is 0.326 e. The number of unbranched alkanes of at least 4 members (excludes halogenated alkanes) is 11. The zero-order valence-electron chi connectivity index (χ0n) is 29.9. The maximum Gasteiger partial charge on any atom is 0.326 e. The van der Waals surface area contributed by atoms with E-state index in [2.05, 4.69) is 31.4 Å². The van der Waals surface area contributed by atoms with E-state index in [4.69, 9.17) is 18.9 Å². The van der Waals surface area contributed by atoms with Gasteiger partial charge in [0, 0.05) is 32.4 Å². The fourth-order valence-electron chi connectivity index (χ4n) is 4.83. The van der Waals surface area contributed by atoms with Gasteiger partial charge < -0.3 is 40.0 Å². The van der Waals surface area contributed by atoms with Crippen LogP contribution >= 0.6 is 0 Å². The molecule has 50 heavy (non-hydrogen) atoms. The Labute approximate surface area is 296 Å². The number of aliphatic carboxylic acids is 1. The number of carboxylic acid groups (broad SMARTS) is 1. The van der Waals surface area contributed by atoms with Crippen molar-refractivity contribution in [3.8, 4) is 0 Å². The predicted molar refractivity (Wildman–Crippen MR) is 186 cm³/mol. The maximum absolute atomic E-state index is 12.3. The van der Waals surface area contributed by atoms with Gasteiger partial charge in [0.25, 0.3) is 0 Å². The molecule has 0 aromatic rings. The molecule has 1 atom stereocenters. The van der Waals surface area contributed by atoms with E-state index in [0.717, 1.165) is 37.9 Å². The van der Waals surface area contributed by atoms with Crippen LogP contribution in [0.4, 0.5) is 0 Å². The normalized spacial score (nSPS) is 12.5. The second kappa shape index (κ2) is 31.6. The SMILES string of the molecule is CC(=O)COCCOCCNC(=O)COCCOCCNC(=O)CC[C@H](NC(=O)CCCCCCCCCCCCCCC1=NN=N1)C(=O)O. The molecule has 286 valence electrons. The molecule has 16 nitrogen and oxygen atoms in total. The number of Topliss-reactive ketones (excluding diaryl/α,β-unsaturated/α-hetero) is 1. The molecule has 0 saturated heterocycles. The average Bonchev–Trinajstić information content (AvgIpc) is 3.06. The van der Waals surface area contributed by atoms with Crippen molar-refractivity contribution in [2.45, 2.75) is 116 Å². The molecule has 1 rings (SSSR count). The number of nitrogens with one attached hydrogen (secondary N) is 3. The van der Waals surface area contributed by atoms with Gasteiger partial charge in [0.05, 0.1) is 39.6 Å². The Morgan fingerprint density at radius 2 is 1.12 bits per heavy atom. The van der Waals surface area contributed by atoms with Crippen LogP contribution in [0.5, 0.6) is 0 Å². The minimum absolute atomic E-state index is 0.00607. The summed E-state index contributed by atoms with van der Waals surface area (Å²) in [5.41, 5.74) is 0. The minimum atomic E-state index is -1.17. The van der Waals surface area contributed by atoms with Crippen LogP contribution < -0.4 is 16.0 Å². The topological polar surface area (TPSA) is 216 Å². The summed E-state index contributed by atoms with van der Waals surface area (Å²) < 4.78 is 20.9. The molecule has 1 aliphatic rings. The van der Waals surface area contributed by atoms with Crippen LogP contribution in [-0.2, 0) is 42.9 Å². The van der Waals surface area contributed by atoms with Crippen LogP contribution in [0.3, 0.4) is 0 Å². The lowest BCUT2D eigenvalue weighted by Crippen LogP contribution is -2.41. The van der Waals surface area contributed by atoms with Crippen molar-refractivity contribution >= 4 is 35.3 Å². The van der Waals surface area contributed by atoms with Crippen molar-refractivity contribution < 1.29 is 48.0 Å². The fourth-order valence-corrected chi connectivity index (χ4v) is 4.83. The second-order valence-corrected chi connectivity index (χ2v) is 12.2. The standard InChI is InChI=1S/C34H60N6O10/c1-28(41)26-49-24-22-48-21-19-36-33(44)27-50-25-23-47-20-18-35-31(42)17-16-29(34(45)46)37-32(43)15-13-11-9-7-5-3-2-4-6-8-10-12-14-30-38-40-39-30/h29H,2-27H2,1H3,(H,35,42)(H,36,44)(H,37,43)(H,45,46)/t29-/m0/s1. The molecule has 0 aliphatic carbocycles. The molecule has 0 aromatic carbocycles. The first-order valence-electron chi connectivity index (χ1n) is 18.1. The highest BCUT2D eigenvalue weighted by Gasteiger charge is 2.20. The van der Waals surface area contributed by atoms with Crippen molar-refractivity contribution in [1.29, 1.82) is 0 Å². The van der Waals surface area contributed by atoms with Gasteiger partial charge in [-0.25, -0.2) is 4.79 Å². The van der Waals surface area contributed by atoms with Crippen LogP contribution in [0.1, 0.15) is 110 Å². The van der Waals surface area contributed by atoms with Gasteiger partial charge in [0.1, 0.15) is 19.3 Å². The summed E-state index contributed by atoms with van der Waals surface area (Å²) in [4.78, 5) is 58.5. The Hall–Kier alpha value is -3.34. The summed E-state index contributed by atoms with van der Waals surface area (Å²) in [6.07, 6.45) is 14.8. The maximum atomic E-state index is 12.3. The number of hydrogen-bond donors (Lipinski definition) is 4. The molecular weight excluding hydrogens is 652 g/mol. The molecule has 0 spiro atoms. The third-order valence-corrected chi connectivity index (χ3v) is 7.59. The summed E-state index contributed by atoms with van der Waals surface area (Å²) in [5, 5.41) is 28.5. The molecule has 1 heterocycles. The number of rotatable bonds is 36. The van der Waals surface area contributed by atoms with Crippen LogP contribution in [0.25, 0.3) is 0 Å². The van der Waals surface area contributed by atoms with E-state index in [-0.39, 0.29) is 82.3 Å². The number of carbonyl (C=O) groups excluding carboxylic acids is 4. The van der Waals surface area contributed by atoms with Gasteiger partial charge >= 0.3 is 5.97 Å². The van der Waals surface area contributed by atoms with Crippen LogP contribution in [-0.4, -0.2) is 112 Å². The monoisotopic (exact) mass is 712 g/mol. The Bertz CT molecular complexity index is 1030. The Morgan fingerprint density at radius 3 is 1.64 bits per heavy atom. The van der Waals surface area contributed by atoms with Gasteiger partial charge in [-0.3, -0.25) is 19.2 Å². The third kappa shape index (κ3) is 28.5. The van der Waals surface area contributed by atoms with Gasteiger partial charge in [0.15, 0.2) is 11.6 Å². The first-order valence-corrected chi connectivity index (χ1v) is 18.1. The second-order valence-electron chi connectivity index (χ2n) is 12.2. The highest BCUT2D eigenvalue weighted by Crippen LogP contribution is 2.14. The molecule has 0 aromatic heterocycles. The lowest BCUT2D eigenvalue weighted by molar-refractivity contribution is -0.142. The summed E-state index contributed by atoms with van der Waals surface area (Å²) in [7, 11) is 0.